The molecule has 3 aromatic rings. The lowest BCUT2D eigenvalue weighted by molar-refractivity contribution is -0.384. The van der Waals surface area contributed by atoms with Crippen molar-refractivity contribution in [3.8, 4) is 0 Å². The van der Waals surface area contributed by atoms with Crippen molar-refractivity contribution in [3.63, 3.8) is 0 Å². The Labute approximate surface area is 200 Å². The molecule has 1 atom stereocenters. The Bertz CT molecular complexity index is 1210. The predicted molar refractivity (Wildman–Crippen MR) is 127 cm³/mol. The molecule has 176 valence electrons. The van der Waals surface area contributed by atoms with Crippen LogP contribution in [0.4, 0.5) is 10.1 Å². The van der Waals surface area contributed by atoms with Gasteiger partial charge in [0.25, 0.3) is 11.6 Å². The van der Waals surface area contributed by atoms with Gasteiger partial charge in [-0.15, -0.1) is 11.3 Å². The van der Waals surface area contributed by atoms with Crippen molar-refractivity contribution in [3.05, 3.63) is 97.5 Å². The van der Waals surface area contributed by atoms with Crippen LogP contribution < -0.4 is 0 Å². The number of benzene rings is 2. The molecule has 0 fully saturated rings. The molecule has 9 heteroatoms. The highest BCUT2D eigenvalue weighted by Crippen LogP contribution is 2.38. The predicted octanol–water partition coefficient (Wildman–Crippen LogP) is 4.82. The molecule has 0 spiro atoms. The summed E-state index contributed by atoms with van der Waals surface area (Å²) >= 11 is 1.64. The number of nitrogens with zero attached hydrogens (tertiary/aromatic N) is 3. The summed E-state index contributed by atoms with van der Waals surface area (Å²) in [6, 6.07) is 13.3. The number of hydrogen-bond acceptors (Lipinski definition) is 5. The summed E-state index contributed by atoms with van der Waals surface area (Å²) in [6.07, 6.45) is 1.34. The largest absolute Gasteiger partial charge is 0.330 e. The smallest absolute Gasteiger partial charge is 0.270 e. The first-order valence-corrected chi connectivity index (χ1v) is 11.9. The molecular formula is C25H24FN3O4S. The van der Waals surface area contributed by atoms with E-state index in [2.05, 4.69) is 0 Å². The van der Waals surface area contributed by atoms with E-state index in [9.17, 15) is 24.1 Å². The van der Waals surface area contributed by atoms with Crippen LogP contribution in [0.25, 0.3) is 0 Å². The number of carbonyl (C=O) groups excluding carboxylic acids is 2. The van der Waals surface area contributed by atoms with Gasteiger partial charge in [0, 0.05) is 35.7 Å². The van der Waals surface area contributed by atoms with Crippen LogP contribution in [-0.2, 0) is 11.2 Å². The van der Waals surface area contributed by atoms with Crippen LogP contribution in [-0.4, -0.2) is 46.2 Å². The minimum Gasteiger partial charge on any atom is -0.330 e. The first kappa shape index (κ1) is 23.6. The summed E-state index contributed by atoms with van der Waals surface area (Å²) in [5, 5.41) is 13.1. The summed E-state index contributed by atoms with van der Waals surface area (Å²) in [7, 11) is 0. The molecule has 0 aliphatic carbocycles. The van der Waals surface area contributed by atoms with Crippen molar-refractivity contribution >= 4 is 28.8 Å². The first-order valence-electron chi connectivity index (χ1n) is 11.0. The molecule has 34 heavy (non-hydrogen) atoms. The van der Waals surface area contributed by atoms with Gasteiger partial charge in [-0.1, -0.05) is 25.1 Å². The lowest BCUT2D eigenvalue weighted by Crippen LogP contribution is -2.47. The van der Waals surface area contributed by atoms with Gasteiger partial charge in [0.05, 0.1) is 11.0 Å². The second kappa shape index (κ2) is 10.1. The Morgan fingerprint density at radius 1 is 1.21 bits per heavy atom. The fourth-order valence-electron chi connectivity index (χ4n) is 4.30. The minimum atomic E-state index is -0.550. The molecule has 0 saturated carbocycles. The number of nitro groups is 1. The van der Waals surface area contributed by atoms with Gasteiger partial charge in [-0.25, -0.2) is 4.39 Å². The van der Waals surface area contributed by atoms with Gasteiger partial charge in [0.1, 0.15) is 12.4 Å². The average molecular weight is 482 g/mol. The second-order valence-electron chi connectivity index (χ2n) is 8.12. The van der Waals surface area contributed by atoms with E-state index < -0.39 is 10.8 Å². The molecule has 0 bridgehead atoms. The number of hydrogen-bond donors (Lipinski definition) is 0. The Hall–Kier alpha value is -3.59. The van der Waals surface area contributed by atoms with Crippen molar-refractivity contribution in [1.29, 1.82) is 0 Å². The molecule has 7 nitrogen and oxygen atoms in total. The molecule has 1 aliphatic rings. The van der Waals surface area contributed by atoms with Crippen LogP contribution in [0.15, 0.2) is 60.0 Å². The highest BCUT2D eigenvalue weighted by Gasteiger charge is 2.34. The maximum atomic E-state index is 13.6. The fourth-order valence-corrected chi connectivity index (χ4v) is 5.20. The zero-order valence-electron chi connectivity index (χ0n) is 18.6. The Kier molecular flexibility index (Phi) is 7.02. The van der Waals surface area contributed by atoms with Gasteiger partial charge in [-0.05, 0) is 53.6 Å². The number of amides is 2. The molecular weight excluding hydrogens is 457 g/mol. The van der Waals surface area contributed by atoms with E-state index in [1.54, 1.807) is 28.4 Å². The van der Waals surface area contributed by atoms with Gasteiger partial charge in [-0.3, -0.25) is 19.7 Å². The van der Waals surface area contributed by atoms with Crippen molar-refractivity contribution in [2.24, 2.45) is 0 Å². The topological polar surface area (TPSA) is 83.8 Å². The van der Waals surface area contributed by atoms with E-state index >= 15 is 0 Å². The molecule has 1 aromatic heterocycles. The van der Waals surface area contributed by atoms with Gasteiger partial charge in [-0.2, -0.15) is 0 Å². The van der Waals surface area contributed by atoms with Crippen molar-refractivity contribution in [2.45, 2.75) is 25.8 Å². The zero-order chi connectivity index (χ0) is 24.2. The molecule has 1 unspecified atom stereocenters. The maximum absolute atomic E-state index is 13.6. The molecule has 4 rings (SSSR count). The van der Waals surface area contributed by atoms with Crippen LogP contribution in [0.5, 0.6) is 0 Å². The second-order valence-corrected chi connectivity index (χ2v) is 9.13. The fraction of sp³-hybridized carbons (Fsp3) is 0.280. The third kappa shape index (κ3) is 4.84. The number of nitro benzene ring substituents is 1. The number of halogens is 1. The van der Waals surface area contributed by atoms with Crippen molar-refractivity contribution in [1.82, 2.24) is 9.80 Å². The van der Waals surface area contributed by atoms with Gasteiger partial charge < -0.3 is 9.80 Å². The van der Waals surface area contributed by atoms with E-state index in [1.807, 2.05) is 18.4 Å². The van der Waals surface area contributed by atoms with Crippen LogP contribution in [0.2, 0.25) is 0 Å². The first-order chi connectivity index (χ1) is 16.4. The average Bonchev–Trinajstić information content (AvgIpc) is 3.32. The van der Waals surface area contributed by atoms with E-state index in [1.165, 1.54) is 46.2 Å². The van der Waals surface area contributed by atoms with Crippen LogP contribution in [0.3, 0.4) is 0 Å². The summed E-state index contributed by atoms with van der Waals surface area (Å²) < 4.78 is 13.6. The summed E-state index contributed by atoms with van der Waals surface area (Å²) in [5.41, 5.74) is 1.82. The number of fused-ring (bicyclic) bond motifs is 1. The summed E-state index contributed by atoms with van der Waals surface area (Å²) in [6.45, 7) is 2.58. The minimum absolute atomic E-state index is 0.146. The van der Waals surface area contributed by atoms with Crippen LogP contribution in [0.1, 0.15) is 45.7 Å². The molecule has 2 amide bonds. The van der Waals surface area contributed by atoms with Crippen molar-refractivity contribution < 1.29 is 18.9 Å². The van der Waals surface area contributed by atoms with E-state index in [4.69, 9.17) is 0 Å². The number of carbonyl (C=O) groups is 2. The number of non-ortho nitro benzene ring substituents is 1. The summed E-state index contributed by atoms with van der Waals surface area (Å²) in [4.78, 5) is 41.6. The van der Waals surface area contributed by atoms with E-state index in [0.717, 1.165) is 11.1 Å². The van der Waals surface area contributed by atoms with Gasteiger partial charge in [0.2, 0.25) is 5.91 Å². The maximum Gasteiger partial charge on any atom is 0.270 e. The van der Waals surface area contributed by atoms with E-state index in [-0.39, 0.29) is 35.6 Å². The Morgan fingerprint density at radius 3 is 2.68 bits per heavy atom. The number of rotatable bonds is 7. The van der Waals surface area contributed by atoms with Crippen molar-refractivity contribution in [2.75, 3.05) is 19.6 Å². The van der Waals surface area contributed by atoms with Gasteiger partial charge in [0.15, 0.2) is 0 Å². The highest BCUT2D eigenvalue weighted by molar-refractivity contribution is 7.10. The van der Waals surface area contributed by atoms with Crippen LogP contribution >= 0.6 is 11.3 Å². The normalized spacial score (nSPS) is 15.0. The molecule has 0 saturated heterocycles. The lowest BCUT2D eigenvalue weighted by Gasteiger charge is -2.37. The Morgan fingerprint density at radius 2 is 1.97 bits per heavy atom. The van der Waals surface area contributed by atoms with E-state index in [0.29, 0.717) is 25.9 Å². The molecule has 0 radical (unpaired) electrons. The standard InChI is InChI=1S/C25H24FN3O4S/c1-2-12-27(25(31)18-4-3-5-20(15-18)29(32)33)16-23(30)28-13-10-22-21(11-14-34-22)24(28)17-6-8-19(26)9-7-17/h3-9,11,14-15,24H,2,10,12-13,16H2,1H3. The molecule has 0 N–H and O–H groups in total. The summed E-state index contributed by atoms with van der Waals surface area (Å²) in [5.74, 6) is -0.997. The highest BCUT2D eigenvalue weighted by atomic mass is 32.1. The molecule has 2 aromatic carbocycles. The third-order valence-electron chi connectivity index (χ3n) is 5.88. The third-order valence-corrected chi connectivity index (χ3v) is 6.88. The lowest BCUT2D eigenvalue weighted by atomic mass is 9.93. The van der Waals surface area contributed by atoms with Gasteiger partial charge >= 0.3 is 0 Å². The zero-order valence-corrected chi connectivity index (χ0v) is 19.5. The monoisotopic (exact) mass is 481 g/mol. The van der Waals surface area contributed by atoms with Crippen LogP contribution in [0, 0.1) is 15.9 Å². The molecule has 2 heterocycles. The molecule has 1 aliphatic heterocycles. The quantitative estimate of drug-likeness (QED) is 0.358. The number of thiophene rings is 1. The SMILES string of the molecule is CCCN(CC(=O)N1CCc2sccc2C1c1ccc(F)cc1)C(=O)c1cccc([N+](=O)[O-])c1. The Balaban J connectivity index is 1.60.